The van der Waals surface area contributed by atoms with E-state index in [2.05, 4.69) is 41.1 Å². The zero-order valence-electron chi connectivity index (χ0n) is 16.7. The van der Waals surface area contributed by atoms with Gasteiger partial charge < -0.3 is 19.5 Å². The van der Waals surface area contributed by atoms with E-state index >= 15 is 0 Å². The Morgan fingerprint density at radius 2 is 2.12 bits per heavy atom. The van der Waals surface area contributed by atoms with Crippen LogP contribution in [0.2, 0.25) is 0 Å². The first-order valence-electron chi connectivity index (χ1n) is 9.70. The van der Waals surface area contributed by atoms with Gasteiger partial charge in [0.25, 0.3) is 0 Å². The minimum absolute atomic E-state index is 0. The number of likely N-dealkylation sites (N-methyl/N-ethyl adjacent to an activating group) is 1. The van der Waals surface area contributed by atoms with Gasteiger partial charge in [0.2, 0.25) is 0 Å². The number of hydrogen-bond acceptors (Lipinski definition) is 4. The van der Waals surface area contributed by atoms with Crippen LogP contribution in [0.1, 0.15) is 63.8 Å². The molecule has 1 aromatic heterocycles. The first kappa shape index (κ1) is 23.2. The molecule has 26 heavy (non-hydrogen) atoms. The summed E-state index contributed by atoms with van der Waals surface area (Å²) < 4.78 is 11.2. The van der Waals surface area contributed by atoms with Crippen molar-refractivity contribution in [3.05, 3.63) is 17.5 Å². The first-order chi connectivity index (χ1) is 12.2. The van der Waals surface area contributed by atoms with E-state index in [4.69, 9.17) is 9.26 Å². The number of ether oxygens (including phenoxy) is 1. The lowest BCUT2D eigenvalue weighted by Crippen LogP contribution is -2.40. The van der Waals surface area contributed by atoms with Crippen LogP contribution in [0.15, 0.2) is 15.6 Å². The molecule has 0 atom stereocenters. The predicted octanol–water partition coefficient (Wildman–Crippen LogP) is 4.02. The second-order valence-corrected chi connectivity index (χ2v) is 6.84. The molecule has 150 valence electrons. The normalized spacial score (nSPS) is 14.4. The van der Waals surface area contributed by atoms with E-state index in [9.17, 15) is 0 Å². The molecule has 1 saturated carbocycles. The highest BCUT2D eigenvalue weighted by Gasteiger charge is 2.21. The number of aromatic nitrogens is 1. The molecule has 6 nitrogen and oxygen atoms in total. The van der Waals surface area contributed by atoms with Crippen LogP contribution in [0, 0.1) is 5.92 Å². The van der Waals surface area contributed by atoms with Crippen molar-refractivity contribution >= 4 is 29.9 Å². The Morgan fingerprint density at radius 3 is 2.73 bits per heavy atom. The standard InChI is InChI=1S/C19H34N4O2.HI/c1-5-16(6-2)18-12-17(25-22-18)13-21-19(20-7-3)23(4)10-11-24-14-15-8-9-15;/h12,15-16H,5-11,13-14H2,1-4H3,(H,20,21);1H. The Labute approximate surface area is 175 Å². The van der Waals surface area contributed by atoms with Crippen molar-refractivity contribution in [3.63, 3.8) is 0 Å². The van der Waals surface area contributed by atoms with Crippen molar-refractivity contribution in [1.82, 2.24) is 15.4 Å². The number of nitrogens with zero attached hydrogens (tertiary/aromatic N) is 3. The molecule has 0 bridgehead atoms. The molecule has 0 aromatic carbocycles. The number of nitrogens with one attached hydrogen (secondary N) is 1. The number of hydrogen-bond donors (Lipinski definition) is 1. The highest BCUT2D eigenvalue weighted by Crippen LogP contribution is 2.28. The summed E-state index contributed by atoms with van der Waals surface area (Å²) in [6.07, 6.45) is 4.82. The van der Waals surface area contributed by atoms with Crippen molar-refractivity contribution in [2.24, 2.45) is 10.9 Å². The Hall–Kier alpha value is -0.830. The highest BCUT2D eigenvalue weighted by atomic mass is 127. The minimum atomic E-state index is 0. The fraction of sp³-hybridized carbons (Fsp3) is 0.789. The van der Waals surface area contributed by atoms with Crippen LogP contribution < -0.4 is 5.32 Å². The van der Waals surface area contributed by atoms with Crippen LogP contribution in [0.5, 0.6) is 0 Å². The quantitative estimate of drug-likeness (QED) is 0.225. The predicted molar refractivity (Wildman–Crippen MR) is 116 cm³/mol. The largest absolute Gasteiger partial charge is 0.379 e. The molecule has 1 aromatic rings. The van der Waals surface area contributed by atoms with Crippen LogP contribution in [0.25, 0.3) is 0 Å². The average molecular weight is 478 g/mol. The molecule has 0 aliphatic heterocycles. The Morgan fingerprint density at radius 1 is 1.38 bits per heavy atom. The molecule has 0 saturated heterocycles. The third kappa shape index (κ3) is 7.82. The monoisotopic (exact) mass is 478 g/mol. The van der Waals surface area contributed by atoms with Crippen LogP contribution in [0.4, 0.5) is 0 Å². The van der Waals surface area contributed by atoms with E-state index in [0.29, 0.717) is 12.5 Å². The fourth-order valence-corrected chi connectivity index (χ4v) is 2.77. The van der Waals surface area contributed by atoms with Gasteiger partial charge in [0.05, 0.1) is 12.3 Å². The topological polar surface area (TPSA) is 62.9 Å². The van der Waals surface area contributed by atoms with E-state index in [1.165, 1.54) is 12.8 Å². The van der Waals surface area contributed by atoms with Crippen molar-refractivity contribution in [2.45, 2.75) is 58.9 Å². The lowest BCUT2D eigenvalue weighted by atomic mass is 9.99. The number of halogens is 1. The maximum absolute atomic E-state index is 5.72. The lowest BCUT2D eigenvalue weighted by molar-refractivity contribution is 0.115. The fourth-order valence-electron chi connectivity index (χ4n) is 2.77. The number of rotatable bonds is 11. The van der Waals surface area contributed by atoms with Gasteiger partial charge in [-0.3, -0.25) is 0 Å². The van der Waals surface area contributed by atoms with Gasteiger partial charge in [-0.2, -0.15) is 0 Å². The van der Waals surface area contributed by atoms with E-state index in [1.807, 2.05) is 13.1 Å². The van der Waals surface area contributed by atoms with Gasteiger partial charge in [0.1, 0.15) is 6.54 Å². The molecule has 7 heteroatoms. The zero-order valence-corrected chi connectivity index (χ0v) is 19.0. The maximum Gasteiger partial charge on any atom is 0.194 e. The Kier molecular flexibility index (Phi) is 11.2. The van der Waals surface area contributed by atoms with Crippen molar-refractivity contribution in [3.8, 4) is 0 Å². The van der Waals surface area contributed by atoms with Crippen LogP contribution in [-0.4, -0.2) is 49.4 Å². The van der Waals surface area contributed by atoms with Crippen LogP contribution >= 0.6 is 24.0 Å². The minimum Gasteiger partial charge on any atom is -0.379 e. The molecule has 1 heterocycles. The summed E-state index contributed by atoms with van der Waals surface area (Å²) in [5.41, 5.74) is 1.04. The third-order valence-electron chi connectivity index (χ3n) is 4.68. The molecule has 0 unspecified atom stereocenters. The molecule has 1 aliphatic carbocycles. The van der Waals surface area contributed by atoms with Gasteiger partial charge in [-0.15, -0.1) is 24.0 Å². The summed E-state index contributed by atoms with van der Waals surface area (Å²) in [5.74, 6) is 2.97. The molecule has 2 rings (SSSR count). The third-order valence-corrected chi connectivity index (χ3v) is 4.68. The Bertz CT molecular complexity index is 527. The second-order valence-electron chi connectivity index (χ2n) is 6.84. The molecule has 1 fully saturated rings. The lowest BCUT2D eigenvalue weighted by Gasteiger charge is -2.21. The summed E-state index contributed by atoms with van der Waals surface area (Å²) in [6.45, 7) is 10.2. The first-order valence-corrected chi connectivity index (χ1v) is 9.70. The van der Waals surface area contributed by atoms with Crippen molar-refractivity contribution in [1.29, 1.82) is 0 Å². The van der Waals surface area contributed by atoms with Crippen LogP contribution in [0.3, 0.4) is 0 Å². The summed E-state index contributed by atoms with van der Waals surface area (Å²) in [4.78, 5) is 6.78. The molecule has 0 spiro atoms. The molecule has 1 N–H and O–H groups in total. The van der Waals surface area contributed by atoms with E-state index in [-0.39, 0.29) is 24.0 Å². The van der Waals surface area contributed by atoms with E-state index in [0.717, 1.165) is 62.5 Å². The summed E-state index contributed by atoms with van der Waals surface area (Å²) >= 11 is 0. The van der Waals surface area contributed by atoms with Crippen LogP contribution in [-0.2, 0) is 11.3 Å². The highest BCUT2D eigenvalue weighted by molar-refractivity contribution is 14.0. The number of guanidine groups is 1. The molecular formula is C19H35IN4O2. The summed E-state index contributed by atoms with van der Waals surface area (Å²) in [5, 5.41) is 7.54. The molecule has 0 amide bonds. The van der Waals surface area contributed by atoms with Crippen molar-refractivity contribution in [2.75, 3.05) is 33.4 Å². The average Bonchev–Trinajstić information content (AvgIpc) is 3.33. The maximum atomic E-state index is 5.72. The van der Waals surface area contributed by atoms with Gasteiger partial charge in [-0.25, -0.2) is 4.99 Å². The molecular weight excluding hydrogens is 443 g/mol. The Balaban J connectivity index is 0.00000338. The van der Waals surface area contributed by atoms with Gasteiger partial charge in [0.15, 0.2) is 11.7 Å². The van der Waals surface area contributed by atoms with E-state index in [1.54, 1.807) is 0 Å². The van der Waals surface area contributed by atoms with Gasteiger partial charge in [-0.1, -0.05) is 19.0 Å². The van der Waals surface area contributed by atoms with Gasteiger partial charge in [0, 0.05) is 38.7 Å². The summed E-state index contributed by atoms with van der Waals surface area (Å²) in [7, 11) is 2.04. The zero-order chi connectivity index (χ0) is 18.1. The SMILES string of the molecule is CCNC(=NCc1cc(C(CC)CC)no1)N(C)CCOCC1CC1.I. The van der Waals surface area contributed by atoms with Gasteiger partial charge >= 0.3 is 0 Å². The smallest absolute Gasteiger partial charge is 0.194 e. The molecule has 1 aliphatic rings. The van der Waals surface area contributed by atoms with Crippen molar-refractivity contribution < 1.29 is 9.26 Å². The number of aliphatic imine (C=N–C) groups is 1. The van der Waals surface area contributed by atoms with E-state index < -0.39 is 0 Å². The van der Waals surface area contributed by atoms with Gasteiger partial charge in [-0.05, 0) is 38.5 Å². The summed E-state index contributed by atoms with van der Waals surface area (Å²) in [6, 6.07) is 2.05. The second kappa shape index (κ2) is 12.5. The molecule has 0 radical (unpaired) electrons.